The Labute approximate surface area is 169 Å². The normalized spacial score (nSPS) is 16.9. The van der Waals surface area contributed by atoms with Crippen LogP contribution in [-0.2, 0) is 16.1 Å². The summed E-state index contributed by atoms with van der Waals surface area (Å²) in [5.41, 5.74) is 1.42. The van der Waals surface area contributed by atoms with Crippen LogP contribution in [0.25, 0.3) is 0 Å². The molecule has 0 saturated carbocycles. The highest BCUT2D eigenvalue weighted by atomic mass is 16.5. The van der Waals surface area contributed by atoms with Crippen LogP contribution in [0.5, 0.6) is 5.75 Å². The molecular weight excluding hydrogens is 374 g/mol. The number of benzene rings is 1. The lowest BCUT2D eigenvalue weighted by molar-refractivity contribution is -0.128. The molecule has 2 amide bonds. The molecule has 2 aliphatic heterocycles. The highest BCUT2D eigenvalue weighted by molar-refractivity contribution is 5.94. The third-order valence-electron chi connectivity index (χ3n) is 5.26. The summed E-state index contributed by atoms with van der Waals surface area (Å²) in [6, 6.07) is 7.26. The molecule has 2 saturated heterocycles. The minimum Gasteiger partial charge on any atom is -0.491 e. The Kier molecular flexibility index (Phi) is 5.75. The van der Waals surface area contributed by atoms with Gasteiger partial charge in [0.1, 0.15) is 18.1 Å². The van der Waals surface area contributed by atoms with Gasteiger partial charge >= 0.3 is 0 Å². The second-order valence-electron chi connectivity index (χ2n) is 7.34. The van der Waals surface area contributed by atoms with Crippen molar-refractivity contribution in [3.05, 3.63) is 41.7 Å². The van der Waals surface area contributed by atoms with Crippen LogP contribution in [0.2, 0.25) is 0 Å². The first-order valence-corrected chi connectivity index (χ1v) is 9.83. The molecule has 4 rings (SSSR count). The second-order valence-corrected chi connectivity index (χ2v) is 7.34. The van der Waals surface area contributed by atoms with Crippen LogP contribution in [-0.4, -0.2) is 76.6 Å². The molecule has 0 unspecified atom stereocenters. The highest BCUT2D eigenvalue weighted by Crippen LogP contribution is 2.24. The van der Waals surface area contributed by atoms with Gasteiger partial charge < -0.3 is 19.3 Å². The monoisotopic (exact) mass is 399 g/mol. The predicted octanol–water partition coefficient (Wildman–Crippen LogP) is 1.12. The smallest absolute Gasteiger partial charge is 0.254 e. The summed E-state index contributed by atoms with van der Waals surface area (Å²) in [6.45, 7) is 3.48. The van der Waals surface area contributed by atoms with E-state index in [2.05, 4.69) is 10.3 Å². The Hall–Kier alpha value is -2.94. The van der Waals surface area contributed by atoms with Crippen molar-refractivity contribution in [1.29, 1.82) is 0 Å². The number of ether oxygens (including phenoxy) is 2. The molecule has 0 spiro atoms. The molecule has 0 radical (unpaired) electrons. The van der Waals surface area contributed by atoms with E-state index in [9.17, 15) is 9.59 Å². The number of amides is 2. The number of hydrogen-bond donors (Lipinski definition) is 0. The van der Waals surface area contributed by atoms with Crippen LogP contribution in [0, 0.1) is 0 Å². The van der Waals surface area contributed by atoms with Gasteiger partial charge in [-0.15, -0.1) is 5.10 Å². The summed E-state index contributed by atoms with van der Waals surface area (Å²) >= 11 is 0. The van der Waals surface area contributed by atoms with Crippen LogP contribution in [0.3, 0.4) is 0 Å². The number of methoxy groups -OCH3 is 1. The number of rotatable bonds is 8. The van der Waals surface area contributed by atoms with Crippen LogP contribution < -0.4 is 4.74 Å². The molecule has 29 heavy (non-hydrogen) atoms. The zero-order chi connectivity index (χ0) is 20.2. The minimum atomic E-state index is -0.00677. The predicted molar refractivity (Wildman–Crippen MR) is 103 cm³/mol. The van der Waals surface area contributed by atoms with Crippen molar-refractivity contribution in [3.8, 4) is 5.75 Å². The van der Waals surface area contributed by atoms with Crippen molar-refractivity contribution < 1.29 is 19.1 Å². The molecule has 0 bridgehead atoms. The standard InChI is InChI=1S/C20H25N5O4/c1-28-9-10-29-18-6-4-15(5-7-18)20(27)24-13-17(14-24)25-12-16(21-22-25)11-23-8-2-3-19(23)26/h4-7,12,17H,2-3,8-11,13-14H2,1H3. The molecule has 1 aromatic carbocycles. The van der Waals surface area contributed by atoms with Crippen LogP contribution in [0.4, 0.5) is 0 Å². The van der Waals surface area contributed by atoms with E-state index >= 15 is 0 Å². The summed E-state index contributed by atoms with van der Waals surface area (Å²) in [4.78, 5) is 28.0. The zero-order valence-corrected chi connectivity index (χ0v) is 16.5. The first kappa shape index (κ1) is 19.4. The van der Waals surface area contributed by atoms with Gasteiger partial charge in [-0.1, -0.05) is 5.21 Å². The Morgan fingerprint density at radius 1 is 1.21 bits per heavy atom. The number of carbonyl (C=O) groups is 2. The van der Waals surface area contributed by atoms with Crippen molar-refractivity contribution in [2.75, 3.05) is 40.0 Å². The maximum Gasteiger partial charge on any atom is 0.254 e. The molecule has 9 nitrogen and oxygen atoms in total. The van der Waals surface area contributed by atoms with Gasteiger partial charge in [-0.25, -0.2) is 4.68 Å². The van der Waals surface area contributed by atoms with E-state index in [0.717, 1.165) is 18.7 Å². The average molecular weight is 399 g/mol. The zero-order valence-electron chi connectivity index (χ0n) is 16.5. The highest BCUT2D eigenvalue weighted by Gasteiger charge is 2.33. The van der Waals surface area contributed by atoms with Gasteiger partial charge in [-0.05, 0) is 30.7 Å². The SMILES string of the molecule is COCCOc1ccc(C(=O)N2CC(n3cc(CN4CCCC4=O)nn3)C2)cc1. The summed E-state index contributed by atoms with van der Waals surface area (Å²) in [5, 5.41) is 8.36. The molecule has 154 valence electrons. The van der Waals surface area contributed by atoms with Gasteiger partial charge in [-0.2, -0.15) is 0 Å². The van der Waals surface area contributed by atoms with Gasteiger partial charge in [0.05, 0.1) is 25.4 Å². The maximum absolute atomic E-state index is 12.6. The van der Waals surface area contributed by atoms with Crippen LogP contribution in [0.1, 0.15) is 34.9 Å². The molecule has 9 heteroatoms. The Balaban J connectivity index is 1.27. The number of nitrogens with zero attached hydrogens (tertiary/aromatic N) is 5. The van der Waals surface area contributed by atoms with Crippen LogP contribution in [0.15, 0.2) is 30.5 Å². The summed E-state index contributed by atoms with van der Waals surface area (Å²) in [6.07, 6.45) is 3.41. The largest absolute Gasteiger partial charge is 0.491 e. The van der Waals surface area contributed by atoms with Crippen molar-refractivity contribution in [1.82, 2.24) is 24.8 Å². The van der Waals surface area contributed by atoms with E-state index in [4.69, 9.17) is 9.47 Å². The fraction of sp³-hybridized carbons (Fsp3) is 0.500. The van der Waals surface area contributed by atoms with Crippen molar-refractivity contribution >= 4 is 11.8 Å². The lowest BCUT2D eigenvalue weighted by Gasteiger charge is -2.38. The molecule has 2 fully saturated rings. The molecular formula is C20H25N5O4. The second kappa shape index (κ2) is 8.60. The first-order chi connectivity index (χ1) is 14.1. The van der Waals surface area contributed by atoms with Gasteiger partial charge in [-0.3, -0.25) is 9.59 Å². The molecule has 2 aliphatic rings. The number of aromatic nitrogens is 3. The van der Waals surface area contributed by atoms with E-state index in [0.29, 0.717) is 50.6 Å². The van der Waals surface area contributed by atoms with E-state index in [1.165, 1.54) is 0 Å². The fourth-order valence-corrected chi connectivity index (χ4v) is 3.54. The Morgan fingerprint density at radius 2 is 2.00 bits per heavy atom. The van der Waals surface area contributed by atoms with Gasteiger partial charge in [0, 0.05) is 38.7 Å². The van der Waals surface area contributed by atoms with Gasteiger partial charge in [0.15, 0.2) is 0 Å². The molecule has 2 aromatic rings. The van der Waals surface area contributed by atoms with E-state index < -0.39 is 0 Å². The third-order valence-corrected chi connectivity index (χ3v) is 5.26. The summed E-state index contributed by atoms with van der Waals surface area (Å²) < 4.78 is 12.3. The number of likely N-dealkylation sites (tertiary alicyclic amines) is 2. The van der Waals surface area contributed by atoms with E-state index in [1.54, 1.807) is 41.0 Å². The third kappa shape index (κ3) is 4.40. The Morgan fingerprint density at radius 3 is 2.69 bits per heavy atom. The lowest BCUT2D eigenvalue weighted by atomic mass is 10.1. The molecule has 0 aliphatic carbocycles. The van der Waals surface area contributed by atoms with E-state index in [-0.39, 0.29) is 17.9 Å². The lowest BCUT2D eigenvalue weighted by Crippen LogP contribution is -2.50. The Bertz CT molecular complexity index is 860. The quantitative estimate of drug-likeness (QED) is 0.618. The molecule has 3 heterocycles. The number of hydrogen-bond acceptors (Lipinski definition) is 6. The topological polar surface area (TPSA) is 89.8 Å². The maximum atomic E-state index is 12.6. The molecule has 0 atom stereocenters. The fourth-order valence-electron chi connectivity index (χ4n) is 3.54. The van der Waals surface area contributed by atoms with Gasteiger partial charge in [0.2, 0.25) is 5.91 Å². The van der Waals surface area contributed by atoms with E-state index in [1.807, 2.05) is 11.1 Å². The first-order valence-electron chi connectivity index (χ1n) is 9.83. The summed E-state index contributed by atoms with van der Waals surface area (Å²) in [5.74, 6) is 0.884. The van der Waals surface area contributed by atoms with Crippen molar-refractivity contribution in [2.24, 2.45) is 0 Å². The average Bonchev–Trinajstić information content (AvgIpc) is 3.31. The van der Waals surface area contributed by atoms with Crippen molar-refractivity contribution in [2.45, 2.75) is 25.4 Å². The van der Waals surface area contributed by atoms with Crippen molar-refractivity contribution in [3.63, 3.8) is 0 Å². The number of carbonyl (C=O) groups excluding carboxylic acids is 2. The minimum absolute atomic E-state index is 0.00677. The molecule has 0 N–H and O–H groups in total. The van der Waals surface area contributed by atoms with Gasteiger partial charge in [0.25, 0.3) is 5.91 Å². The molecule has 1 aromatic heterocycles. The summed E-state index contributed by atoms with van der Waals surface area (Å²) in [7, 11) is 1.63. The van der Waals surface area contributed by atoms with Crippen LogP contribution >= 0.6 is 0 Å².